The van der Waals surface area contributed by atoms with Crippen LogP contribution in [0.1, 0.15) is 11.1 Å². The lowest BCUT2D eigenvalue weighted by atomic mass is 10.1. The first kappa shape index (κ1) is 33.8. The molecule has 3 rings (SSSR count). The Morgan fingerprint density at radius 3 is 1.53 bits per heavy atom. The Balaban J connectivity index is 0.000000293. The van der Waals surface area contributed by atoms with E-state index in [2.05, 4.69) is 45.2 Å². The molecule has 0 saturated carbocycles. The highest BCUT2D eigenvalue weighted by Gasteiger charge is 2.16. The molecule has 0 fully saturated rings. The lowest BCUT2D eigenvalue weighted by Crippen LogP contribution is -2.32. The summed E-state index contributed by atoms with van der Waals surface area (Å²) in [7, 11) is 0. The smallest absolute Gasteiger partial charge is 0.320 e. The third-order valence-electron chi connectivity index (χ3n) is 4.82. The first-order chi connectivity index (χ1) is 17.7. The molecule has 0 aliphatic heterocycles. The van der Waals surface area contributed by atoms with Gasteiger partial charge in [-0.25, -0.2) is 0 Å². The molecular formula is C24H21I5N2O7. The Hall–Kier alpha value is -0.430. The summed E-state index contributed by atoms with van der Waals surface area (Å²) < 4.78 is 9.74. The third kappa shape index (κ3) is 10.2. The van der Waals surface area contributed by atoms with Crippen molar-refractivity contribution in [3.63, 3.8) is 0 Å². The molecule has 3 aromatic carbocycles. The number of benzene rings is 3. The maximum atomic E-state index is 10.9. The number of carbonyl (C=O) groups is 2. The number of halogens is 5. The van der Waals surface area contributed by atoms with Gasteiger partial charge in [-0.15, -0.1) is 0 Å². The summed E-state index contributed by atoms with van der Waals surface area (Å²) in [5, 5.41) is 36.6. The Morgan fingerprint density at radius 2 is 1.13 bits per heavy atom. The van der Waals surface area contributed by atoms with Crippen molar-refractivity contribution in [3.8, 4) is 23.0 Å². The molecule has 2 atom stereocenters. The fraction of sp³-hybridized carbons (Fsp3) is 0.167. The summed E-state index contributed by atoms with van der Waals surface area (Å²) in [5.74, 6) is -0.287. The van der Waals surface area contributed by atoms with E-state index in [1.165, 1.54) is 0 Å². The number of aromatic hydroxyl groups is 2. The molecule has 0 aliphatic rings. The summed E-state index contributed by atoms with van der Waals surface area (Å²) in [6.45, 7) is 0. The second kappa shape index (κ2) is 15.5. The van der Waals surface area contributed by atoms with Gasteiger partial charge in [0.05, 0.1) is 17.9 Å². The third-order valence-corrected chi connectivity index (χ3v) is 8.93. The van der Waals surface area contributed by atoms with Crippen LogP contribution >= 0.6 is 113 Å². The molecule has 204 valence electrons. The van der Waals surface area contributed by atoms with Crippen LogP contribution in [0.2, 0.25) is 0 Å². The van der Waals surface area contributed by atoms with Crippen molar-refractivity contribution in [2.45, 2.75) is 24.9 Å². The van der Waals surface area contributed by atoms with E-state index < -0.39 is 24.0 Å². The number of aliphatic carboxylic acids is 2. The molecule has 8 N–H and O–H groups in total. The minimum atomic E-state index is -1.02. The second-order valence-electron chi connectivity index (χ2n) is 7.81. The van der Waals surface area contributed by atoms with Gasteiger partial charge < -0.3 is 36.6 Å². The molecular weight excluding hydrogens is 1060 g/mol. The maximum Gasteiger partial charge on any atom is 0.320 e. The fourth-order valence-electron chi connectivity index (χ4n) is 2.92. The monoisotopic (exact) mass is 1080 g/mol. The van der Waals surface area contributed by atoms with Crippen LogP contribution in [0.3, 0.4) is 0 Å². The van der Waals surface area contributed by atoms with Crippen LogP contribution in [0.25, 0.3) is 0 Å². The molecule has 0 aromatic heterocycles. The van der Waals surface area contributed by atoms with Gasteiger partial charge in [-0.1, -0.05) is 0 Å². The Bertz CT molecular complexity index is 1290. The predicted octanol–water partition coefficient (Wildman–Crippen LogP) is 5.51. The topological polar surface area (TPSA) is 176 Å². The zero-order valence-corrected chi connectivity index (χ0v) is 30.0. The van der Waals surface area contributed by atoms with Crippen LogP contribution in [0.15, 0.2) is 42.5 Å². The van der Waals surface area contributed by atoms with Crippen LogP contribution in [-0.2, 0) is 22.4 Å². The first-order valence-corrected chi connectivity index (χ1v) is 15.9. The van der Waals surface area contributed by atoms with Gasteiger partial charge in [-0.2, -0.15) is 0 Å². The van der Waals surface area contributed by atoms with Crippen LogP contribution in [0, 0.1) is 17.9 Å². The van der Waals surface area contributed by atoms with Crippen LogP contribution in [0.5, 0.6) is 23.0 Å². The number of ether oxygens (including phenoxy) is 1. The van der Waals surface area contributed by atoms with E-state index in [-0.39, 0.29) is 24.3 Å². The minimum Gasteiger partial charge on any atom is -0.507 e. The van der Waals surface area contributed by atoms with E-state index in [9.17, 15) is 19.8 Å². The summed E-state index contributed by atoms with van der Waals surface area (Å²) in [4.78, 5) is 21.4. The number of nitrogens with two attached hydrogens (primary N) is 2. The van der Waals surface area contributed by atoms with E-state index in [0.717, 1.165) is 18.3 Å². The highest BCUT2D eigenvalue weighted by atomic mass is 127. The van der Waals surface area contributed by atoms with Gasteiger partial charge in [-0.3, -0.25) is 9.59 Å². The molecule has 0 amide bonds. The van der Waals surface area contributed by atoms with Crippen molar-refractivity contribution in [2.75, 3.05) is 0 Å². The van der Waals surface area contributed by atoms with Crippen molar-refractivity contribution in [1.29, 1.82) is 0 Å². The van der Waals surface area contributed by atoms with E-state index in [1.807, 2.05) is 79.9 Å². The molecule has 9 nitrogen and oxygen atoms in total. The molecule has 0 saturated heterocycles. The molecule has 14 heteroatoms. The summed E-state index contributed by atoms with van der Waals surface area (Å²) in [5.41, 5.74) is 12.7. The quantitative estimate of drug-likeness (QED) is 0.159. The second-order valence-corrected chi connectivity index (χ2v) is 13.6. The number of phenols is 2. The maximum absolute atomic E-state index is 10.9. The van der Waals surface area contributed by atoms with E-state index in [0.29, 0.717) is 22.2 Å². The highest BCUT2D eigenvalue weighted by molar-refractivity contribution is 14.1. The van der Waals surface area contributed by atoms with Gasteiger partial charge in [0.1, 0.15) is 29.3 Å². The zero-order valence-electron chi connectivity index (χ0n) is 19.2. The van der Waals surface area contributed by atoms with E-state index in [1.54, 1.807) is 30.3 Å². The minimum absolute atomic E-state index is 0.209. The molecule has 0 spiro atoms. The number of phenolic OH excluding ortho intramolecular Hbond substituents is 2. The molecule has 3 aromatic rings. The van der Waals surface area contributed by atoms with Crippen molar-refractivity contribution in [3.05, 3.63) is 71.4 Å². The largest absolute Gasteiger partial charge is 0.507 e. The summed E-state index contributed by atoms with van der Waals surface area (Å²) >= 11 is 10.3. The average Bonchev–Trinajstić information content (AvgIpc) is 2.82. The SMILES string of the molecule is N[C@@H](Cc1cc(I)c(O)c(I)c1)C(=O)O.N[C@@H](Cc1cc(I)c(Oc2ccc(O)c(I)c2)c(I)c1)C(=O)O. The van der Waals surface area contributed by atoms with E-state index >= 15 is 0 Å². The predicted molar refractivity (Wildman–Crippen MR) is 185 cm³/mol. The van der Waals surface area contributed by atoms with Crippen LogP contribution < -0.4 is 16.2 Å². The van der Waals surface area contributed by atoms with Gasteiger partial charge in [0.2, 0.25) is 0 Å². The van der Waals surface area contributed by atoms with Crippen LogP contribution in [-0.4, -0.2) is 44.4 Å². The van der Waals surface area contributed by atoms with Crippen molar-refractivity contribution < 1.29 is 34.8 Å². The number of carboxylic acids is 2. The Labute approximate surface area is 286 Å². The van der Waals surface area contributed by atoms with E-state index in [4.69, 9.17) is 26.4 Å². The van der Waals surface area contributed by atoms with Gasteiger partial charge in [-0.05, 0) is 179 Å². The van der Waals surface area contributed by atoms with Crippen molar-refractivity contribution >= 4 is 125 Å². The lowest BCUT2D eigenvalue weighted by Gasteiger charge is -2.13. The van der Waals surface area contributed by atoms with Crippen LogP contribution in [0.4, 0.5) is 0 Å². The molecule has 0 radical (unpaired) electrons. The standard InChI is InChI=1S/C15H12I3NO4.C9H9I2NO3/c16-9-6-8(1-2-13(9)20)23-14-10(17)3-7(4-11(14)18)5-12(19)15(21)22;10-5-1-4(2-6(11)8(5)13)3-7(12)9(14)15/h1-4,6,12,20H,5,19H2,(H,21,22);1-2,7,13H,3,12H2,(H,14,15)/t12-;7-/m00/s1. The number of hydrogen-bond acceptors (Lipinski definition) is 7. The fourth-order valence-corrected chi connectivity index (χ4v) is 7.42. The van der Waals surface area contributed by atoms with Crippen molar-refractivity contribution in [2.24, 2.45) is 11.5 Å². The number of carboxylic acid groups (broad SMARTS) is 2. The van der Waals surface area contributed by atoms with Gasteiger partial charge in [0, 0.05) is 0 Å². The first-order valence-electron chi connectivity index (χ1n) is 10.5. The molecule has 0 bridgehead atoms. The molecule has 0 unspecified atom stereocenters. The van der Waals surface area contributed by atoms with Gasteiger partial charge in [0.25, 0.3) is 0 Å². The Kier molecular flexibility index (Phi) is 13.8. The average molecular weight is 1080 g/mol. The number of rotatable bonds is 8. The highest BCUT2D eigenvalue weighted by Crippen LogP contribution is 2.35. The number of hydrogen-bond donors (Lipinski definition) is 6. The summed E-state index contributed by atoms with van der Waals surface area (Å²) in [6.07, 6.45) is 0.528. The zero-order chi connectivity index (χ0) is 28.7. The molecule has 0 heterocycles. The molecule has 38 heavy (non-hydrogen) atoms. The van der Waals surface area contributed by atoms with Gasteiger partial charge in [0.15, 0.2) is 5.75 Å². The Morgan fingerprint density at radius 1 is 0.711 bits per heavy atom. The normalized spacial score (nSPS) is 12.2. The molecule has 0 aliphatic carbocycles. The van der Waals surface area contributed by atoms with Crippen molar-refractivity contribution in [1.82, 2.24) is 0 Å². The van der Waals surface area contributed by atoms with Gasteiger partial charge >= 0.3 is 11.9 Å². The summed E-state index contributed by atoms with van der Waals surface area (Å²) in [6, 6.07) is 10.4. The lowest BCUT2D eigenvalue weighted by molar-refractivity contribution is -0.139.